The molecule has 0 aliphatic carbocycles. The number of aliphatic hydroxyl groups is 2. The molecule has 1 aromatic heterocycles. The lowest BCUT2D eigenvalue weighted by molar-refractivity contribution is -0.240. The number of nitrogens with zero attached hydrogens (tertiary/aromatic N) is 1. The number of H-pyrrole nitrogens is 1. The highest BCUT2D eigenvalue weighted by Crippen LogP contribution is 2.41. The monoisotopic (exact) mass is 482 g/mol. The van der Waals surface area contributed by atoms with Crippen LogP contribution in [0.25, 0.3) is 0 Å². The van der Waals surface area contributed by atoms with Gasteiger partial charge in [-0.3, -0.25) is 14.3 Å². The fraction of sp³-hybridized carbons (Fsp3) is 0.320. The van der Waals surface area contributed by atoms with Gasteiger partial charge in [-0.15, -0.1) is 0 Å². The summed E-state index contributed by atoms with van der Waals surface area (Å²) < 4.78 is 17.9. The van der Waals surface area contributed by atoms with E-state index in [1.165, 1.54) is 13.1 Å². The largest absolute Gasteiger partial charge is 0.461 e. The number of hydrogen-bond acceptors (Lipinski definition) is 8. The van der Waals surface area contributed by atoms with Gasteiger partial charge in [-0.1, -0.05) is 48.5 Å². The van der Waals surface area contributed by atoms with E-state index >= 15 is 0 Å². The molecule has 4 rings (SSSR count). The van der Waals surface area contributed by atoms with Crippen LogP contribution in [0.15, 0.2) is 76.4 Å². The average Bonchev–Trinajstić information content (AvgIpc) is 3.10. The Hall–Kier alpha value is -3.57. The molecule has 35 heavy (non-hydrogen) atoms. The summed E-state index contributed by atoms with van der Waals surface area (Å²) in [6.07, 6.45) is -1.33. The van der Waals surface area contributed by atoms with Crippen molar-refractivity contribution in [1.29, 1.82) is 0 Å². The van der Waals surface area contributed by atoms with Crippen molar-refractivity contribution in [2.75, 3.05) is 13.2 Å². The van der Waals surface area contributed by atoms with Gasteiger partial charge in [-0.05, 0) is 24.6 Å². The van der Waals surface area contributed by atoms with E-state index in [1.807, 2.05) is 30.3 Å². The number of aromatic amines is 1. The Bertz CT molecular complexity index is 1270. The highest BCUT2D eigenvalue weighted by Gasteiger charge is 2.57. The first-order valence-corrected chi connectivity index (χ1v) is 11.0. The molecule has 0 saturated carbocycles. The first-order chi connectivity index (χ1) is 16.8. The zero-order valence-corrected chi connectivity index (χ0v) is 19.0. The molecule has 3 aromatic rings. The minimum absolute atomic E-state index is 0.0705. The van der Waals surface area contributed by atoms with Crippen LogP contribution in [-0.4, -0.2) is 50.8 Å². The topological polar surface area (TPSA) is 140 Å². The summed E-state index contributed by atoms with van der Waals surface area (Å²) in [4.78, 5) is 38.8. The summed E-state index contributed by atoms with van der Waals surface area (Å²) in [7, 11) is 0. The summed E-state index contributed by atoms with van der Waals surface area (Å²) in [6.45, 7) is 1.23. The van der Waals surface area contributed by atoms with E-state index < -0.39 is 47.9 Å². The minimum Gasteiger partial charge on any atom is -0.461 e. The molecule has 1 aliphatic heterocycles. The van der Waals surface area contributed by atoms with Gasteiger partial charge >= 0.3 is 11.7 Å². The Balaban J connectivity index is 1.56. The van der Waals surface area contributed by atoms with Gasteiger partial charge in [-0.25, -0.2) is 9.59 Å². The third-order valence-electron chi connectivity index (χ3n) is 5.86. The zero-order chi connectivity index (χ0) is 25.0. The van der Waals surface area contributed by atoms with Crippen LogP contribution in [0.3, 0.4) is 0 Å². The second-order valence-corrected chi connectivity index (χ2v) is 8.36. The number of aromatic nitrogens is 2. The Morgan fingerprint density at radius 3 is 2.40 bits per heavy atom. The van der Waals surface area contributed by atoms with E-state index in [9.17, 15) is 24.6 Å². The predicted molar refractivity (Wildman–Crippen MR) is 123 cm³/mol. The molecule has 3 N–H and O–H groups in total. The van der Waals surface area contributed by atoms with Crippen LogP contribution in [0.1, 0.15) is 27.7 Å². The van der Waals surface area contributed by atoms with Crippen LogP contribution in [0, 0.1) is 12.8 Å². The molecular weight excluding hydrogens is 456 g/mol. The van der Waals surface area contributed by atoms with Crippen molar-refractivity contribution in [2.45, 2.75) is 31.6 Å². The predicted octanol–water partition coefficient (Wildman–Crippen LogP) is 1.11. The number of aryl methyl sites for hydroxylation is 1. The summed E-state index contributed by atoms with van der Waals surface area (Å²) in [5.41, 5.74) is -0.0831. The van der Waals surface area contributed by atoms with Crippen molar-refractivity contribution in [3.8, 4) is 0 Å². The maximum atomic E-state index is 12.5. The second-order valence-electron chi connectivity index (χ2n) is 8.36. The number of esters is 1. The molecule has 184 valence electrons. The van der Waals surface area contributed by atoms with E-state index in [4.69, 9.17) is 14.2 Å². The maximum absolute atomic E-state index is 12.5. The first kappa shape index (κ1) is 24.6. The van der Waals surface area contributed by atoms with Crippen LogP contribution in [0.2, 0.25) is 0 Å². The minimum atomic E-state index is -2.62. The van der Waals surface area contributed by atoms with E-state index in [-0.39, 0.29) is 18.8 Å². The van der Waals surface area contributed by atoms with Gasteiger partial charge < -0.3 is 24.4 Å². The number of carbonyl (C=O) groups excluding carboxylic acids is 1. The van der Waals surface area contributed by atoms with Gasteiger partial charge in [0.2, 0.25) is 5.79 Å². The highest BCUT2D eigenvalue weighted by atomic mass is 16.6. The van der Waals surface area contributed by atoms with Crippen LogP contribution in [0.4, 0.5) is 0 Å². The lowest BCUT2D eigenvalue weighted by Gasteiger charge is -2.28. The van der Waals surface area contributed by atoms with Crippen LogP contribution in [-0.2, 0) is 20.8 Å². The molecule has 2 heterocycles. The second kappa shape index (κ2) is 10.4. The van der Waals surface area contributed by atoms with Crippen molar-refractivity contribution < 1.29 is 29.2 Å². The van der Waals surface area contributed by atoms with Crippen molar-refractivity contribution in [2.24, 2.45) is 5.92 Å². The molecule has 1 fully saturated rings. The number of ether oxygens (including phenoxy) is 3. The summed E-state index contributed by atoms with van der Waals surface area (Å²) >= 11 is 0. The average molecular weight is 482 g/mol. The third-order valence-corrected chi connectivity index (χ3v) is 5.86. The van der Waals surface area contributed by atoms with E-state index in [0.717, 1.165) is 10.1 Å². The number of rotatable bonds is 8. The van der Waals surface area contributed by atoms with E-state index in [0.29, 0.717) is 5.56 Å². The first-order valence-electron chi connectivity index (χ1n) is 11.0. The molecule has 10 nitrogen and oxygen atoms in total. The molecule has 1 saturated heterocycles. The van der Waals surface area contributed by atoms with Gasteiger partial charge in [0, 0.05) is 11.8 Å². The number of carbonyl (C=O) groups is 1. The molecule has 0 amide bonds. The van der Waals surface area contributed by atoms with Gasteiger partial charge in [0.05, 0.1) is 30.8 Å². The Labute approximate surface area is 200 Å². The smallest absolute Gasteiger partial charge is 0.338 e. The van der Waals surface area contributed by atoms with Gasteiger partial charge in [-0.2, -0.15) is 0 Å². The van der Waals surface area contributed by atoms with Crippen molar-refractivity contribution in [1.82, 2.24) is 9.55 Å². The van der Waals surface area contributed by atoms with Gasteiger partial charge in [0.25, 0.3) is 5.56 Å². The van der Waals surface area contributed by atoms with Crippen molar-refractivity contribution in [3.05, 3.63) is 104 Å². The molecule has 0 radical (unpaired) electrons. The SMILES string of the molecule is Cc1cn([C@@H]2O[C@H](COCc3ccccc3)[C@@H](COC(=O)c3ccccc3)C2(O)O)c(=O)[nH]c1=O. The van der Waals surface area contributed by atoms with Crippen molar-refractivity contribution in [3.63, 3.8) is 0 Å². The summed E-state index contributed by atoms with van der Waals surface area (Å²) in [5.74, 6) is -4.42. The normalized spacial score (nSPS) is 21.1. The Kier molecular flexibility index (Phi) is 7.27. The van der Waals surface area contributed by atoms with Crippen LogP contribution in [0.5, 0.6) is 0 Å². The number of hydrogen-bond donors (Lipinski definition) is 3. The van der Waals surface area contributed by atoms with Gasteiger partial charge in [0.15, 0.2) is 6.23 Å². The molecule has 10 heteroatoms. The quantitative estimate of drug-likeness (QED) is 0.321. The molecule has 3 atom stereocenters. The standard InChI is InChI=1S/C25H26N2O8/c1-16-12-27(24(30)26-21(16)28)23-25(31,32)19(14-34-22(29)18-10-6-3-7-11-18)20(35-23)15-33-13-17-8-4-2-5-9-17/h2-12,19-20,23,31-32H,13-15H2,1H3,(H,26,28,30)/t19-,20-,23-/m1/s1. The fourth-order valence-electron chi connectivity index (χ4n) is 3.92. The van der Waals surface area contributed by atoms with Crippen LogP contribution >= 0.6 is 0 Å². The molecule has 0 unspecified atom stereocenters. The summed E-state index contributed by atoms with van der Waals surface area (Å²) in [5, 5.41) is 22.1. The number of benzene rings is 2. The molecule has 0 spiro atoms. The maximum Gasteiger partial charge on any atom is 0.338 e. The Morgan fingerprint density at radius 1 is 1.06 bits per heavy atom. The van der Waals surface area contributed by atoms with Gasteiger partial charge in [0.1, 0.15) is 6.61 Å². The number of nitrogens with one attached hydrogen (secondary N) is 1. The third kappa shape index (κ3) is 5.41. The lowest BCUT2D eigenvalue weighted by atomic mass is 9.95. The van der Waals surface area contributed by atoms with Crippen molar-refractivity contribution >= 4 is 5.97 Å². The molecule has 2 aromatic carbocycles. The molecule has 0 bridgehead atoms. The molecule has 1 aliphatic rings. The van der Waals surface area contributed by atoms with E-state index in [2.05, 4.69) is 4.98 Å². The van der Waals surface area contributed by atoms with E-state index in [1.54, 1.807) is 30.3 Å². The summed E-state index contributed by atoms with van der Waals surface area (Å²) in [6, 6.07) is 17.6. The lowest BCUT2D eigenvalue weighted by Crippen LogP contribution is -2.48. The highest BCUT2D eigenvalue weighted by molar-refractivity contribution is 5.89. The van der Waals surface area contributed by atoms with Crippen LogP contribution < -0.4 is 11.2 Å². The Morgan fingerprint density at radius 2 is 1.71 bits per heavy atom. The fourth-order valence-corrected chi connectivity index (χ4v) is 3.92. The zero-order valence-electron chi connectivity index (χ0n) is 19.0. The molecular formula is C25H26N2O8.